The van der Waals surface area contributed by atoms with Crippen molar-refractivity contribution in [2.45, 2.75) is 73.2 Å². The molecule has 2 bridgehead atoms. The summed E-state index contributed by atoms with van der Waals surface area (Å²) in [5.41, 5.74) is -4.52. The minimum atomic E-state index is -4.85. The molecule has 0 radical (unpaired) electrons. The zero-order chi connectivity index (χ0) is 18.6. The summed E-state index contributed by atoms with van der Waals surface area (Å²) in [6.45, 7) is 4.17. The fourth-order valence-electron chi connectivity index (χ4n) is 5.03. The molecule has 2 nitrogen and oxygen atoms in total. The third-order valence-electron chi connectivity index (χ3n) is 6.32. The summed E-state index contributed by atoms with van der Waals surface area (Å²) >= 11 is 18.1. The highest BCUT2D eigenvalue weighted by Crippen LogP contribution is 2.73. The lowest BCUT2D eigenvalue weighted by atomic mass is 9.69. The zero-order valence-electron chi connectivity index (χ0n) is 13.8. The molecule has 1 heterocycles. The maximum absolute atomic E-state index is 14.5. The highest BCUT2D eigenvalue weighted by Gasteiger charge is 2.80. The van der Waals surface area contributed by atoms with Crippen LogP contribution < -0.4 is 0 Å². The van der Waals surface area contributed by atoms with Gasteiger partial charge in [-0.25, -0.2) is 0 Å². The van der Waals surface area contributed by atoms with Gasteiger partial charge >= 0.3 is 6.18 Å². The second kappa shape index (κ2) is 6.44. The molecule has 1 aliphatic heterocycles. The first-order chi connectivity index (χ1) is 11.5. The van der Waals surface area contributed by atoms with Crippen molar-refractivity contribution >= 4 is 34.8 Å². The molecule has 2 atom stereocenters. The topological polar surface area (TPSA) is 18.5 Å². The van der Waals surface area contributed by atoms with Crippen molar-refractivity contribution in [1.29, 1.82) is 0 Å². The highest BCUT2D eigenvalue weighted by molar-refractivity contribution is 6.68. The van der Waals surface area contributed by atoms with Crippen LogP contribution in [0.5, 0.6) is 0 Å². The maximum atomic E-state index is 14.5. The molecular weight excluding hydrogens is 400 g/mol. The lowest BCUT2D eigenvalue weighted by Crippen LogP contribution is -2.67. The Balaban J connectivity index is 2.07. The fourth-order valence-corrected chi connectivity index (χ4v) is 6.09. The summed E-state index contributed by atoms with van der Waals surface area (Å²) in [5.74, 6) is 0. The average molecular weight is 422 g/mol. The molecule has 0 aromatic carbocycles. The van der Waals surface area contributed by atoms with Crippen molar-refractivity contribution in [2.75, 3.05) is 6.61 Å². The van der Waals surface area contributed by atoms with Crippen molar-refractivity contribution in [3.63, 3.8) is 0 Å². The summed E-state index contributed by atoms with van der Waals surface area (Å²) in [7, 11) is 0. The fraction of sp³-hybridized carbons (Fsp3) is 0.882. The van der Waals surface area contributed by atoms with Gasteiger partial charge in [0.1, 0.15) is 0 Å². The Bertz CT molecular complexity index is 502. The Morgan fingerprint density at radius 2 is 1.72 bits per heavy atom. The number of alkyl halides is 6. The Labute approximate surface area is 161 Å². The molecular formula is C17H22Cl3F3O2. The van der Waals surface area contributed by atoms with E-state index in [1.807, 2.05) is 0 Å². The van der Waals surface area contributed by atoms with Crippen molar-refractivity contribution in [1.82, 2.24) is 0 Å². The van der Waals surface area contributed by atoms with Crippen molar-refractivity contribution in [2.24, 2.45) is 10.8 Å². The maximum Gasteiger partial charge on any atom is 0.422 e. The smallest absolute Gasteiger partial charge is 0.353 e. The van der Waals surface area contributed by atoms with E-state index in [2.05, 4.69) is 6.58 Å². The van der Waals surface area contributed by atoms with Gasteiger partial charge in [-0.05, 0) is 56.8 Å². The first-order valence-electron chi connectivity index (χ1n) is 8.57. The van der Waals surface area contributed by atoms with Gasteiger partial charge in [-0.2, -0.15) is 13.2 Å². The van der Waals surface area contributed by atoms with E-state index in [4.69, 9.17) is 44.3 Å². The van der Waals surface area contributed by atoms with Crippen LogP contribution in [-0.2, 0) is 9.47 Å². The molecule has 1 saturated heterocycles. The van der Waals surface area contributed by atoms with Crippen molar-refractivity contribution in [3.05, 3.63) is 12.7 Å². The predicted octanol–water partition coefficient (Wildman–Crippen LogP) is 6.34. The molecule has 144 valence electrons. The summed E-state index contributed by atoms with van der Waals surface area (Å²) < 4.78 is 51.9. The van der Waals surface area contributed by atoms with Crippen LogP contribution in [0.2, 0.25) is 0 Å². The molecule has 25 heavy (non-hydrogen) atoms. The van der Waals surface area contributed by atoms with Crippen LogP contribution in [0.4, 0.5) is 13.2 Å². The number of allylic oxidation sites excluding steroid dienone is 1. The van der Waals surface area contributed by atoms with Gasteiger partial charge in [0.15, 0.2) is 6.29 Å². The predicted molar refractivity (Wildman–Crippen MR) is 91.9 cm³/mol. The van der Waals surface area contributed by atoms with Gasteiger partial charge in [-0.3, -0.25) is 0 Å². The molecule has 3 aliphatic rings. The molecule has 0 aromatic heterocycles. The number of ether oxygens (including phenoxy) is 2. The number of halogens is 6. The van der Waals surface area contributed by atoms with E-state index in [0.717, 1.165) is 12.8 Å². The standard InChI is InChI=1S/C17H22Cl3F3O2/c1-2-13-6-8-14(11-13,9-7-13)15(16(18,19)20,17(21,22)23)25-12-5-3-4-10-24-12/h2,12H,1,3-11H2. The zero-order valence-corrected chi connectivity index (χ0v) is 16.1. The molecule has 0 amide bonds. The summed E-state index contributed by atoms with van der Waals surface area (Å²) in [4.78, 5) is 0. The Kier molecular flexibility index (Phi) is 5.17. The van der Waals surface area contributed by atoms with E-state index in [-0.39, 0.29) is 11.8 Å². The van der Waals surface area contributed by atoms with Gasteiger partial charge in [-0.15, -0.1) is 6.58 Å². The first kappa shape index (κ1) is 20.1. The minimum Gasteiger partial charge on any atom is -0.353 e. The van der Waals surface area contributed by atoms with Crippen LogP contribution in [0, 0.1) is 10.8 Å². The molecule has 2 unspecified atom stereocenters. The van der Waals surface area contributed by atoms with E-state index in [0.29, 0.717) is 38.7 Å². The molecule has 3 fully saturated rings. The Morgan fingerprint density at radius 1 is 1.08 bits per heavy atom. The monoisotopic (exact) mass is 420 g/mol. The molecule has 0 spiro atoms. The number of rotatable bonds is 4. The number of hydrogen-bond donors (Lipinski definition) is 0. The van der Waals surface area contributed by atoms with Gasteiger partial charge in [0.05, 0.1) is 0 Å². The number of hydrogen-bond acceptors (Lipinski definition) is 2. The van der Waals surface area contributed by atoms with E-state index in [9.17, 15) is 13.2 Å². The van der Waals surface area contributed by atoms with Crippen LogP contribution in [0.1, 0.15) is 51.4 Å². The normalized spacial score (nSPS) is 38.6. The number of fused-ring (bicyclic) bond motifs is 2. The van der Waals surface area contributed by atoms with Gasteiger partial charge in [0.2, 0.25) is 9.39 Å². The van der Waals surface area contributed by atoms with E-state index in [1.54, 1.807) is 6.08 Å². The van der Waals surface area contributed by atoms with Crippen LogP contribution in [0.15, 0.2) is 12.7 Å². The SMILES string of the molecule is C=CC12CCC(C(OC3CCCCO3)(C(F)(F)F)C(Cl)(Cl)Cl)(CC1)C2. The minimum absolute atomic E-state index is 0.268. The van der Waals surface area contributed by atoms with Gasteiger partial charge in [0, 0.05) is 12.0 Å². The second-order valence-electron chi connectivity index (χ2n) is 7.61. The van der Waals surface area contributed by atoms with Crippen LogP contribution in [-0.4, -0.2) is 28.5 Å². The summed E-state index contributed by atoms with van der Waals surface area (Å²) in [6.07, 6.45) is -0.171. The van der Waals surface area contributed by atoms with Gasteiger partial charge in [-0.1, -0.05) is 40.9 Å². The first-order valence-corrected chi connectivity index (χ1v) is 9.71. The molecule has 8 heteroatoms. The Morgan fingerprint density at radius 3 is 2.12 bits per heavy atom. The van der Waals surface area contributed by atoms with Gasteiger partial charge < -0.3 is 9.47 Å². The highest BCUT2D eigenvalue weighted by atomic mass is 35.6. The Hall–Kier alpha value is 0.320. The summed E-state index contributed by atoms with van der Waals surface area (Å²) in [6, 6.07) is 0. The van der Waals surface area contributed by atoms with E-state index >= 15 is 0 Å². The third kappa shape index (κ3) is 3.02. The van der Waals surface area contributed by atoms with Gasteiger partial charge in [0.25, 0.3) is 0 Å². The molecule has 0 N–H and O–H groups in total. The molecule has 2 saturated carbocycles. The van der Waals surface area contributed by atoms with E-state index < -0.39 is 27.3 Å². The van der Waals surface area contributed by atoms with E-state index in [1.165, 1.54) is 0 Å². The van der Waals surface area contributed by atoms with Crippen molar-refractivity contribution in [3.8, 4) is 0 Å². The molecule has 3 rings (SSSR count). The molecule has 2 aliphatic carbocycles. The average Bonchev–Trinajstić information content (AvgIpc) is 3.09. The largest absolute Gasteiger partial charge is 0.422 e. The van der Waals surface area contributed by atoms with Crippen LogP contribution in [0.25, 0.3) is 0 Å². The molecule has 0 aromatic rings. The van der Waals surface area contributed by atoms with Crippen LogP contribution in [0.3, 0.4) is 0 Å². The lowest BCUT2D eigenvalue weighted by molar-refractivity contribution is -0.361. The second-order valence-corrected chi connectivity index (χ2v) is 9.90. The van der Waals surface area contributed by atoms with Crippen molar-refractivity contribution < 1.29 is 22.6 Å². The third-order valence-corrected chi connectivity index (χ3v) is 7.12. The van der Waals surface area contributed by atoms with Crippen LogP contribution >= 0.6 is 34.8 Å². The quantitative estimate of drug-likeness (QED) is 0.389. The lowest BCUT2D eigenvalue weighted by Gasteiger charge is -2.53. The summed E-state index contributed by atoms with van der Waals surface area (Å²) in [5, 5.41) is 0.